The van der Waals surface area contributed by atoms with Crippen molar-refractivity contribution in [2.45, 2.75) is 0 Å². The Morgan fingerprint density at radius 2 is 0.818 bits per heavy atom. The quantitative estimate of drug-likeness (QED) is 0.408. The molecule has 0 spiro atoms. The molecule has 1 radical (unpaired) electrons. The average Bonchev–Trinajstić information content (AvgIpc) is 2.00. The second-order valence-electron chi connectivity index (χ2n) is 1.20. The van der Waals surface area contributed by atoms with E-state index < -0.39 is 11.1 Å². The summed E-state index contributed by atoms with van der Waals surface area (Å²) in [6, 6.07) is 5.71. The third kappa shape index (κ3) is 3.04. The van der Waals surface area contributed by atoms with Crippen molar-refractivity contribution < 1.29 is 17.1 Å². The summed E-state index contributed by atoms with van der Waals surface area (Å²) in [7, 11) is 0. The zero-order chi connectivity index (χ0) is 7.98. The molecule has 0 heterocycles. The molecule has 11 heavy (non-hydrogen) atoms. The van der Waals surface area contributed by atoms with Crippen molar-refractivity contribution >= 4 is 0 Å². The van der Waals surface area contributed by atoms with Gasteiger partial charge >= 0.3 is 0 Å². The van der Waals surface area contributed by atoms with E-state index in [0.29, 0.717) is 0 Å². The molecule has 0 bridgehead atoms. The fourth-order valence-electron chi connectivity index (χ4n) is 0.274. The fourth-order valence-corrected chi connectivity index (χ4v) is 0.274. The van der Waals surface area contributed by atoms with Gasteiger partial charge in [-0.1, -0.05) is 0 Å². The number of hydrogen-bond donors (Lipinski definition) is 0. The van der Waals surface area contributed by atoms with Gasteiger partial charge in [0.25, 0.3) is 0 Å². The molecule has 0 fully saturated rings. The van der Waals surface area contributed by atoms with Crippen LogP contribution >= 0.6 is 0 Å². The Morgan fingerprint density at radius 1 is 0.636 bits per heavy atom. The summed E-state index contributed by atoms with van der Waals surface area (Å²) in [5, 5.41) is 32.5. The van der Waals surface area contributed by atoms with Gasteiger partial charge in [-0.05, 0) is 0 Å². The molecule has 0 rings (SSSR count). The van der Waals surface area contributed by atoms with Gasteiger partial charge in [-0.3, -0.25) is 0 Å². The van der Waals surface area contributed by atoms with Crippen LogP contribution in [0.4, 0.5) is 0 Å². The Morgan fingerprint density at radius 3 is 0.909 bits per heavy atom. The van der Waals surface area contributed by atoms with Crippen LogP contribution < -0.4 is 0 Å². The summed E-state index contributed by atoms with van der Waals surface area (Å²) in [5.41, 5.74) is -0.880. The second kappa shape index (κ2) is 6.34. The second-order valence-corrected chi connectivity index (χ2v) is 1.20. The van der Waals surface area contributed by atoms with Crippen molar-refractivity contribution in [2.75, 3.05) is 0 Å². The van der Waals surface area contributed by atoms with Gasteiger partial charge in [-0.15, -0.1) is 0 Å². The average molecular weight is 192 g/mol. The van der Waals surface area contributed by atoms with Crippen LogP contribution in [-0.2, 0) is 17.1 Å². The van der Waals surface area contributed by atoms with Gasteiger partial charge in [0.15, 0.2) is 11.1 Å². The first-order valence-electron chi connectivity index (χ1n) is 2.14. The molecule has 4 nitrogen and oxygen atoms in total. The van der Waals surface area contributed by atoms with Gasteiger partial charge in [-0.25, -0.2) is 0 Å². The van der Waals surface area contributed by atoms with Crippen LogP contribution in [0.1, 0.15) is 0 Å². The number of hydrogen-bond acceptors (Lipinski definition) is 4. The van der Waals surface area contributed by atoms with Crippen LogP contribution in [0.2, 0.25) is 0 Å². The zero-order valence-electron chi connectivity index (χ0n) is 5.09. The molecular weight excluding hydrogens is 192 g/mol. The first-order chi connectivity index (χ1) is 4.79. The van der Waals surface area contributed by atoms with Crippen LogP contribution in [0, 0.1) is 45.3 Å². The van der Waals surface area contributed by atoms with Gasteiger partial charge in [0.2, 0.25) is 0 Å². The SMILES string of the molecule is N#CC(C#N)=C(C#N)C#N.[Cu]. The Kier molecular flexibility index (Phi) is 6.89. The third-order valence-electron chi connectivity index (χ3n) is 0.697. The molecule has 55 valence electrons. The molecule has 0 aromatic carbocycles. The van der Waals surface area contributed by atoms with Crippen LogP contribution in [0.25, 0.3) is 0 Å². The summed E-state index contributed by atoms with van der Waals surface area (Å²) in [6.07, 6.45) is 0. The largest absolute Gasteiger partial charge is 0.192 e. The fraction of sp³-hybridized carbons (Fsp3) is 0. The van der Waals surface area contributed by atoms with E-state index in [2.05, 4.69) is 0 Å². The van der Waals surface area contributed by atoms with Gasteiger partial charge < -0.3 is 0 Å². The van der Waals surface area contributed by atoms with E-state index in [1.54, 1.807) is 0 Å². The zero-order valence-corrected chi connectivity index (χ0v) is 6.03. The molecule has 0 aromatic rings. The van der Waals surface area contributed by atoms with E-state index in [4.69, 9.17) is 21.0 Å². The van der Waals surface area contributed by atoms with Gasteiger partial charge in [-0.2, -0.15) is 21.0 Å². The molecule has 5 heteroatoms. The van der Waals surface area contributed by atoms with Crippen molar-refractivity contribution in [3.05, 3.63) is 11.1 Å². The van der Waals surface area contributed by atoms with Crippen LogP contribution in [0.3, 0.4) is 0 Å². The molecule has 0 aromatic heterocycles. The summed E-state index contributed by atoms with van der Waals surface area (Å²) in [4.78, 5) is 0. The maximum Gasteiger partial charge on any atom is 0.158 e. The number of rotatable bonds is 0. The predicted molar refractivity (Wildman–Crippen MR) is 29.5 cm³/mol. The Bertz CT molecular complexity index is 262. The van der Waals surface area contributed by atoms with Crippen LogP contribution in [-0.4, -0.2) is 0 Å². The van der Waals surface area contributed by atoms with Crippen molar-refractivity contribution in [3.8, 4) is 24.3 Å². The van der Waals surface area contributed by atoms with Gasteiger partial charge in [0, 0.05) is 17.1 Å². The van der Waals surface area contributed by atoms with Gasteiger partial charge in [0.1, 0.15) is 24.3 Å². The summed E-state index contributed by atoms with van der Waals surface area (Å²) in [6.45, 7) is 0. The normalized spacial score (nSPS) is 5.09. The standard InChI is InChI=1S/C6N4.Cu/c7-1-5(2-8)6(3-9)4-10;. The van der Waals surface area contributed by atoms with E-state index in [-0.39, 0.29) is 17.1 Å². The smallest absolute Gasteiger partial charge is 0.158 e. The Hall–Kier alpha value is -1.78. The maximum atomic E-state index is 8.13. The van der Waals surface area contributed by atoms with E-state index in [0.717, 1.165) is 0 Å². The molecule has 0 aliphatic rings. The number of nitrogens with zero attached hydrogens (tertiary/aromatic N) is 4. The number of nitriles is 4. The van der Waals surface area contributed by atoms with E-state index in [1.807, 2.05) is 0 Å². The molecule has 0 saturated heterocycles. The summed E-state index contributed by atoms with van der Waals surface area (Å²) in [5.74, 6) is 0. The first kappa shape index (κ1) is 12.0. The van der Waals surface area contributed by atoms with E-state index in [1.165, 1.54) is 24.3 Å². The monoisotopic (exact) mass is 191 g/mol. The van der Waals surface area contributed by atoms with Crippen LogP contribution in [0.5, 0.6) is 0 Å². The first-order valence-corrected chi connectivity index (χ1v) is 2.14. The van der Waals surface area contributed by atoms with Crippen LogP contribution in [0.15, 0.2) is 11.1 Å². The Balaban J connectivity index is 0. The maximum absolute atomic E-state index is 8.13. The molecule has 0 amide bonds. The van der Waals surface area contributed by atoms with Crippen molar-refractivity contribution in [1.82, 2.24) is 0 Å². The molecule has 0 unspecified atom stereocenters. The predicted octanol–water partition coefficient (Wildman–Crippen LogP) is 0.375. The topological polar surface area (TPSA) is 95.2 Å². The minimum absolute atomic E-state index is 0. The summed E-state index contributed by atoms with van der Waals surface area (Å²) >= 11 is 0. The molecular formula is C6CuN4. The molecule has 0 saturated carbocycles. The summed E-state index contributed by atoms with van der Waals surface area (Å²) < 4.78 is 0. The minimum Gasteiger partial charge on any atom is -0.192 e. The van der Waals surface area contributed by atoms with E-state index >= 15 is 0 Å². The van der Waals surface area contributed by atoms with Crippen molar-refractivity contribution in [1.29, 1.82) is 21.0 Å². The van der Waals surface area contributed by atoms with Gasteiger partial charge in [0.05, 0.1) is 0 Å². The molecule has 0 N–H and O–H groups in total. The van der Waals surface area contributed by atoms with Crippen molar-refractivity contribution in [2.24, 2.45) is 0 Å². The Labute approximate surface area is 74.0 Å². The van der Waals surface area contributed by atoms with E-state index in [9.17, 15) is 0 Å². The van der Waals surface area contributed by atoms with Crippen molar-refractivity contribution in [3.63, 3.8) is 0 Å². The molecule has 0 atom stereocenters. The third-order valence-corrected chi connectivity index (χ3v) is 0.697. The minimum atomic E-state index is -0.440. The number of allylic oxidation sites excluding steroid dienone is 2. The molecule has 0 aliphatic carbocycles. The molecule has 0 aliphatic heterocycles.